The van der Waals surface area contributed by atoms with Crippen molar-refractivity contribution in [3.8, 4) is 16.9 Å². The molecule has 0 saturated heterocycles. The van der Waals surface area contributed by atoms with Crippen LogP contribution in [0, 0.1) is 6.92 Å². The van der Waals surface area contributed by atoms with Crippen LogP contribution in [-0.2, 0) is 0 Å². The van der Waals surface area contributed by atoms with Crippen LogP contribution >= 0.6 is 11.6 Å². The van der Waals surface area contributed by atoms with Crippen molar-refractivity contribution >= 4 is 17.6 Å². The van der Waals surface area contributed by atoms with Crippen molar-refractivity contribution in [2.24, 2.45) is 0 Å². The van der Waals surface area contributed by atoms with Gasteiger partial charge in [-0.3, -0.25) is 0 Å². The molecule has 2 rings (SSSR count). The topological polar surface area (TPSA) is 46.5 Å². The SMILES string of the molecule is COc1ccc(-c2ccc(C)cc2C(=O)O)cc1Cl. The van der Waals surface area contributed by atoms with Crippen LogP contribution in [0.3, 0.4) is 0 Å². The Morgan fingerprint density at radius 1 is 1.21 bits per heavy atom. The molecule has 0 heterocycles. The minimum absolute atomic E-state index is 0.265. The Bertz CT molecular complexity index is 635. The highest BCUT2D eigenvalue weighted by Crippen LogP contribution is 2.32. The third-order valence-electron chi connectivity index (χ3n) is 2.87. The number of halogens is 1. The van der Waals surface area contributed by atoms with E-state index >= 15 is 0 Å². The molecule has 0 bridgehead atoms. The number of rotatable bonds is 3. The molecular formula is C15H13ClO3. The van der Waals surface area contributed by atoms with E-state index in [4.69, 9.17) is 16.3 Å². The van der Waals surface area contributed by atoms with Gasteiger partial charge >= 0.3 is 5.97 Å². The normalized spacial score (nSPS) is 10.3. The van der Waals surface area contributed by atoms with E-state index in [1.54, 1.807) is 30.3 Å². The van der Waals surface area contributed by atoms with Crippen LogP contribution in [0.1, 0.15) is 15.9 Å². The van der Waals surface area contributed by atoms with Crippen molar-refractivity contribution in [3.63, 3.8) is 0 Å². The summed E-state index contributed by atoms with van der Waals surface area (Å²) in [4.78, 5) is 11.3. The van der Waals surface area contributed by atoms with Crippen LogP contribution in [-0.4, -0.2) is 18.2 Å². The molecule has 19 heavy (non-hydrogen) atoms. The van der Waals surface area contributed by atoms with Gasteiger partial charge in [-0.25, -0.2) is 4.79 Å². The Morgan fingerprint density at radius 3 is 2.53 bits per heavy atom. The predicted octanol–water partition coefficient (Wildman–Crippen LogP) is 4.02. The Balaban J connectivity index is 2.58. The van der Waals surface area contributed by atoms with Gasteiger partial charge < -0.3 is 9.84 Å². The van der Waals surface area contributed by atoms with Gasteiger partial charge in [0.2, 0.25) is 0 Å². The Morgan fingerprint density at radius 2 is 1.95 bits per heavy atom. The fraction of sp³-hybridized carbons (Fsp3) is 0.133. The van der Waals surface area contributed by atoms with Gasteiger partial charge in [-0.1, -0.05) is 35.4 Å². The van der Waals surface area contributed by atoms with Crippen LogP contribution in [0.15, 0.2) is 36.4 Å². The summed E-state index contributed by atoms with van der Waals surface area (Å²) >= 11 is 6.07. The predicted molar refractivity (Wildman–Crippen MR) is 75.1 cm³/mol. The van der Waals surface area contributed by atoms with E-state index < -0.39 is 5.97 Å². The molecule has 98 valence electrons. The number of carbonyl (C=O) groups is 1. The largest absolute Gasteiger partial charge is 0.495 e. The number of hydrogen-bond donors (Lipinski definition) is 1. The number of hydrogen-bond acceptors (Lipinski definition) is 2. The van der Waals surface area contributed by atoms with Gasteiger partial charge in [-0.05, 0) is 36.2 Å². The maximum absolute atomic E-state index is 11.3. The fourth-order valence-corrected chi connectivity index (χ4v) is 2.18. The molecule has 0 saturated carbocycles. The highest BCUT2D eigenvalue weighted by atomic mass is 35.5. The molecule has 2 aromatic carbocycles. The van der Waals surface area contributed by atoms with Crippen LogP contribution in [0.25, 0.3) is 11.1 Å². The lowest BCUT2D eigenvalue weighted by molar-refractivity contribution is 0.0697. The molecule has 0 aromatic heterocycles. The molecule has 0 aliphatic heterocycles. The monoisotopic (exact) mass is 276 g/mol. The third-order valence-corrected chi connectivity index (χ3v) is 3.16. The van der Waals surface area contributed by atoms with Gasteiger partial charge in [0.15, 0.2) is 0 Å². The molecular weight excluding hydrogens is 264 g/mol. The lowest BCUT2D eigenvalue weighted by Gasteiger charge is -2.09. The summed E-state index contributed by atoms with van der Waals surface area (Å²) in [5.74, 6) is -0.389. The number of aryl methyl sites for hydroxylation is 1. The van der Waals surface area contributed by atoms with E-state index in [0.717, 1.165) is 11.1 Å². The Hall–Kier alpha value is -2.00. The molecule has 0 amide bonds. The lowest BCUT2D eigenvalue weighted by atomic mass is 9.98. The smallest absolute Gasteiger partial charge is 0.336 e. The van der Waals surface area contributed by atoms with Crippen molar-refractivity contribution in [2.45, 2.75) is 6.92 Å². The first kappa shape index (κ1) is 13.4. The van der Waals surface area contributed by atoms with Gasteiger partial charge in [-0.2, -0.15) is 0 Å². The number of ether oxygens (including phenoxy) is 1. The summed E-state index contributed by atoms with van der Waals surface area (Å²) in [7, 11) is 1.54. The quantitative estimate of drug-likeness (QED) is 0.921. The first-order valence-electron chi connectivity index (χ1n) is 5.71. The zero-order valence-electron chi connectivity index (χ0n) is 10.6. The molecule has 1 N–H and O–H groups in total. The second-order valence-electron chi connectivity index (χ2n) is 4.20. The van der Waals surface area contributed by atoms with Crippen LogP contribution < -0.4 is 4.74 Å². The highest BCUT2D eigenvalue weighted by molar-refractivity contribution is 6.32. The summed E-state index contributed by atoms with van der Waals surface area (Å²) in [6.07, 6.45) is 0. The van der Waals surface area contributed by atoms with E-state index in [9.17, 15) is 9.90 Å². The average molecular weight is 277 g/mol. The van der Waals surface area contributed by atoms with Gasteiger partial charge in [0.1, 0.15) is 5.75 Å². The maximum atomic E-state index is 11.3. The molecule has 0 unspecified atom stereocenters. The zero-order valence-corrected chi connectivity index (χ0v) is 11.4. The zero-order chi connectivity index (χ0) is 14.0. The minimum Gasteiger partial charge on any atom is -0.495 e. The number of aromatic carboxylic acids is 1. The molecule has 0 aliphatic carbocycles. The van der Waals surface area contributed by atoms with Crippen molar-refractivity contribution in [2.75, 3.05) is 7.11 Å². The molecule has 0 aliphatic rings. The molecule has 0 spiro atoms. The molecule has 0 atom stereocenters. The summed E-state index contributed by atoms with van der Waals surface area (Å²) in [5, 5.41) is 9.72. The van der Waals surface area contributed by atoms with E-state index in [1.165, 1.54) is 7.11 Å². The van der Waals surface area contributed by atoms with E-state index in [-0.39, 0.29) is 5.56 Å². The lowest BCUT2D eigenvalue weighted by Crippen LogP contribution is -2.00. The third kappa shape index (κ3) is 2.71. The van der Waals surface area contributed by atoms with Gasteiger partial charge in [-0.15, -0.1) is 0 Å². The van der Waals surface area contributed by atoms with Crippen molar-refractivity contribution < 1.29 is 14.6 Å². The van der Waals surface area contributed by atoms with Gasteiger partial charge in [0, 0.05) is 0 Å². The summed E-state index contributed by atoms with van der Waals surface area (Å²) < 4.78 is 5.08. The van der Waals surface area contributed by atoms with E-state index in [2.05, 4.69) is 0 Å². The molecule has 2 aromatic rings. The van der Waals surface area contributed by atoms with Crippen LogP contribution in [0.4, 0.5) is 0 Å². The second-order valence-corrected chi connectivity index (χ2v) is 4.61. The summed E-state index contributed by atoms with van der Waals surface area (Å²) in [5.41, 5.74) is 2.56. The number of methoxy groups -OCH3 is 1. The van der Waals surface area contributed by atoms with Gasteiger partial charge in [0.25, 0.3) is 0 Å². The van der Waals surface area contributed by atoms with Gasteiger partial charge in [0.05, 0.1) is 17.7 Å². The van der Waals surface area contributed by atoms with Crippen molar-refractivity contribution in [1.82, 2.24) is 0 Å². The standard InChI is InChI=1S/C15H13ClO3/c1-9-3-5-11(12(7-9)15(17)18)10-4-6-14(19-2)13(16)8-10/h3-8H,1-2H3,(H,17,18). The second kappa shape index (κ2) is 5.33. The van der Waals surface area contributed by atoms with Crippen molar-refractivity contribution in [1.29, 1.82) is 0 Å². The van der Waals surface area contributed by atoms with E-state index in [0.29, 0.717) is 16.3 Å². The molecule has 0 fully saturated rings. The Labute approximate surface area is 116 Å². The summed E-state index contributed by atoms with van der Waals surface area (Å²) in [6, 6.07) is 10.5. The summed E-state index contributed by atoms with van der Waals surface area (Å²) in [6.45, 7) is 1.86. The minimum atomic E-state index is -0.953. The molecule has 3 nitrogen and oxygen atoms in total. The fourth-order valence-electron chi connectivity index (χ4n) is 1.92. The van der Waals surface area contributed by atoms with Crippen LogP contribution in [0.2, 0.25) is 5.02 Å². The molecule has 0 radical (unpaired) electrons. The molecule has 4 heteroatoms. The Kier molecular flexibility index (Phi) is 3.76. The van der Waals surface area contributed by atoms with Crippen molar-refractivity contribution in [3.05, 3.63) is 52.5 Å². The number of benzene rings is 2. The highest BCUT2D eigenvalue weighted by Gasteiger charge is 2.13. The van der Waals surface area contributed by atoms with E-state index in [1.807, 2.05) is 13.0 Å². The first-order valence-corrected chi connectivity index (χ1v) is 6.08. The number of carboxylic acids is 1. The average Bonchev–Trinajstić information content (AvgIpc) is 2.38. The number of carboxylic acid groups (broad SMARTS) is 1. The maximum Gasteiger partial charge on any atom is 0.336 e. The first-order chi connectivity index (χ1) is 9.02. The van der Waals surface area contributed by atoms with Crippen LogP contribution in [0.5, 0.6) is 5.75 Å².